The van der Waals surface area contributed by atoms with Crippen molar-refractivity contribution < 1.29 is 13.9 Å². The van der Waals surface area contributed by atoms with E-state index in [1.54, 1.807) is 19.6 Å². The lowest BCUT2D eigenvalue weighted by Crippen LogP contribution is -2.20. The Morgan fingerprint density at radius 3 is 2.77 bits per heavy atom. The fourth-order valence-electron chi connectivity index (χ4n) is 2.64. The smallest absolute Gasteiger partial charge is 0.250 e. The number of aromatic nitrogens is 3. The van der Waals surface area contributed by atoms with Crippen molar-refractivity contribution in [1.29, 1.82) is 0 Å². The van der Waals surface area contributed by atoms with E-state index in [9.17, 15) is 4.79 Å². The van der Waals surface area contributed by atoms with Crippen LogP contribution in [0.1, 0.15) is 19.6 Å². The van der Waals surface area contributed by atoms with Gasteiger partial charge in [-0.2, -0.15) is 5.10 Å². The van der Waals surface area contributed by atoms with Crippen molar-refractivity contribution >= 4 is 30.0 Å². The number of hydrogen-bond donors (Lipinski definition) is 1. The Hall–Kier alpha value is -3.33. The molecule has 0 unspecified atom stereocenters. The monoisotopic (exact) mass is 425 g/mol. The summed E-state index contributed by atoms with van der Waals surface area (Å²) in [6, 6.07) is 11.3. The van der Waals surface area contributed by atoms with Crippen LogP contribution in [0.4, 0.5) is 0 Å². The molecular formula is C21H23N5O3S. The minimum absolute atomic E-state index is 0.180. The molecule has 2 aromatic heterocycles. The number of amides is 1. The number of allylic oxidation sites excluding steroid dienone is 1. The van der Waals surface area contributed by atoms with Crippen LogP contribution in [0.2, 0.25) is 0 Å². The van der Waals surface area contributed by atoms with Crippen molar-refractivity contribution in [2.45, 2.75) is 25.5 Å². The van der Waals surface area contributed by atoms with Gasteiger partial charge in [-0.3, -0.25) is 4.79 Å². The summed E-state index contributed by atoms with van der Waals surface area (Å²) in [6.45, 7) is 4.57. The third-order valence-electron chi connectivity index (χ3n) is 4.08. The molecule has 0 aliphatic heterocycles. The van der Waals surface area contributed by atoms with Crippen LogP contribution in [-0.4, -0.2) is 39.7 Å². The first-order valence-electron chi connectivity index (χ1n) is 9.34. The largest absolute Gasteiger partial charge is 0.497 e. The Balaban J connectivity index is 1.56. The van der Waals surface area contributed by atoms with E-state index in [4.69, 9.17) is 9.15 Å². The lowest BCUT2D eigenvalue weighted by molar-refractivity contribution is -0.118. The summed E-state index contributed by atoms with van der Waals surface area (Å²) < 4.78 is 12.4. The third kappa shape index (κ3) is 5.60. The average Bonchev–Trinajstić information content (AvgIpc) is 3.41. The standard InChI is InChI=1S/C21H23N5O3S/c1-4-26-20(16-7-9-17(28-3)10-8-16)24-25-21(26)30-14-19(27)23-22-13-15(2)12-18-6-5-11-29-18/h5-13H,4,14H2,1-3H3,(H,23,27)/b15-12+,22-13+. The molecule has 2 heterocycles. The Morgan fingerprint density at radius 2 is 2.10 bits per heavy atom. The number of carbonyl (C=O) groups excluding carboxylic acids is 1. The van der Waals surface area contributed by atoms with Gasteiger partial charge in [0.2, 0.25) is 0 Å². The lowest BCUT2D eigenvalue weighted by Gasteiger charge is -2.07. The van der Waals surface area contributed by atoms with Gasteiger partial charge in [0.1, 0.15) is 11.5 Å². The van der Waals surface area contributed by atoms with Crippen molar-refractivity contribution in [1.82, 2.24) is 20.2 Å². The number of ether oxygens (including phenoxy) is 1. The highest BCUT2D eigenvalue weighted by atomic mass is 32.2. The van der Waals surface area contributed by atoms with Crippen LogP contribution in [0.25, 0.3) is 17.5 Å². The van der Waals surface area contributed by atoms with Crippen molar-refractivity contribution in [3.63, 3.8) is 0 Å². The normalized spacial score (nSPS) is 11.8. The van der Waals surface area contributed by atoms with Gasteiger partial charge in [-0.25, -0.2) is 5.43 Å². The molecule has 0 saturated heterocycles. The minimum atomic E-state index is -0.223. The highest BCUT2D eigenvalue weighted by Crippen LogP contribution is 2.25. The van der Waals surface area contributed by atoms with E-state index in [2.05, 4.69) is 20.7 Å². The van der Waals surface area contributed by atoms with Crippen molar-refractivity contribution in [2.24, 2.45) is 5.10 Å². The van der Waals surface area contributed by atoms with Crippen molar-refractivity contribution in [3.8, 4) is 17.1 Å². The second-order valence-corrected chi connectivity index (χ2v) is 7.21. The van der Waals surface area contributed by atoms with Crippen molar-refractivity contribution in [3.05, 3.63) is 54.0 Å². The molecule has 0 aliphatic carbocycles. The summed E-state index contributed by atoms with van der Waals surface area (Å²) in [5, 5.41) is 13.2. The summed E-state index contributed by atoms with van der Waals surface area (Å²) in [5.41, 5.74) is 4.31. The highest BCUT2D eigenvalue weighted by molar-refractivity contribution is 7.99. The SMILES string of the molecule is CCn1c(SCC(=O)N/N=C/C(C)=C/c2ccco2)nnc1-c1ccc(OC)cc1. The number of nitrogens with one attached hydrogen (secondary N) is 1. The topological polar surface area (TPSA) is 94.5 Å². The van der Waals surface area contributed by atoms with E-state index in [0.29, 0.717) is 11.7 Å². The molecule has 8 nitrogen and oxygen atoms in total. The Kier molecular flexibility index (Phi) is 7.45. The Bertz CT molecular complexity index is 1020. The van der Waals surface area contributed by atoms with E-state index < -0.39 is 0 Å². The molecule has 3 aromatic rings. The fraction of sp³-hybridized carbons (Fsp3) is 0.238. The van der Waals surface area contributed by atoms with Crippen LogP contribution in [0.15, 0.2) is 62.9 Å². The Labute approximate surface area is 179 Å². The molecule has 0 fully saturated rings. The minimum Gasteiger partial charge on any atom is -0.497 e. The van der Waals surface area contributed by atoms with E-state index in [1.165, 1.54) is 11.8 Å². The number of hydrazone groups is 1. The number of rotatable bonds is 9. The molecule has 1 amide bonds. The molecule has 1 N–H and O–H groups in total. The van der Waals surface area contributed by atoms with E-state index in [1.807, 2.05) is 60.9 Å². The summed E-state index contributed by atoms with van der Waals surface area (Å²) in [5.74, 6) is 2.22. The first kappa shape index (κ1) is 21.4. The van der Waals surface area contributed by atoms with Crippen molar-refractivity contribution in [2.75, 3.05) is 12.9 Å². The van der Waals surface area contributed by atoms with Gasteiger partial charge in [0.25, 0.3) is 5.91 Å². The molecule has 0 aliphatic rings. The van der Waals surface area contributed by atoms with Crippen LogP contribution in [0.3, 0.4) is 0 Å². The van der Waals surface area contributed by atoms with Gasteiger partial charge in [-0.1, -0.05) is 11.8 Å². The predicted molar refractivity (Wildman–Crippen MR) is 117 cm³/mol. The van der Waals surface area contributed by atoms with Gasteiger partial charge in [0.15, 0.2) is 11.0 Å². The zero-order valence-corrected chi connectivity index (χ0v) is 17.8. The molecule has 0 radical (unpaired) electrons. The van der Waals surface area contributed by atoms with Gasteiger partial charge in [-0.15, -0.1) is 10.2 Å². The van der Waals surface area contributed by atoms with Crippen LogP contribution < -0.4 is 10.2 Å². The number of nitrogens with zero attached hydrogens (tertiary/aromatic N) is 4. The molecular weight excluding hydrogens is 402 g/mol. The molecule has 0 saturated carbocycles. The molecule has 0 spiro atoms. The molecule has 0 atom stereocenters. The van der Waals surface area contributed by atoms with Crippen LogP contribution in [0, 0.1) is 0 Å². The maximum Gasteiger partial charge on any atom is 0.250 e. The summed E-state index contributed by atoms with van der Waals surface area (Å²) in [4.78, 5) is 12.1. The number of hydrogen-bond acceptors (Lipinski definition) is 7. The number of carbonyl (C=O) groups is 1. The van der Waals surface area contributed by atoms with E-state index >= 15 is 0 Å². The summed E-state index contributed by atoms with van der Waals surface area (Å²) >= 11 is 1.31. The molecule has 156 valence electrons. The number of methoxy groups -OCH3 is 1. The Morgan fingerprint density at radius 1 is 1.30 bits per heavy atom. The molecule has 1 aromatic carbocycles. The van der Waals surface area contributed by atoms with Gasteiger partial charge < -0.3 is 13.7 Å². The highest BCUT2D eigenvalue weighted by Gasteiger charge is 2.14. The lowest BCUT2D eigenvalue weighted by atomic mass is 10.2. The van der Waals surface area contributed by atoms with Crippen LogP contribution in [0.5, 0.6) is 5.75 Å². The number of benzene rings is 1. The van der Waals surface area contributed by atoms with Crippen LogP contribution >= 0.6 is 11.8 Å². The second-order valence-electron chi connectivity index (χ2n) is 6.26. The van der Waals surface area contributed by atoms with Gasteiger partial charge >= 0.3 is 0 Å². The van der Waals surface area contributed by atoms with Gasteiger partial charge in [0.05, 0.1) is 25.3 Å². The van der Waals surface area contributed by atoms with E-state index in [-0.39, 0.29) is 11.7 Å². The molecule has 0 bridgehead atoms. The quantitative estimate of drug-likeness (QED) is 0.318. The fourth-order valence-corrected chi connectivity index (χ4v) is 3.43. The summed E-state index contributed by atoms with van der Waals surface area (Å²) in [7, 11) is 1.63. The van der Waals surface area contributed by atoms with Gasteiger partial charge in [-0.05, 0) is 61.9 Å². The average molecular weight is 426 g/mol. The predicted octanol–water partition coefficient (Wildman–Crippen LogP) is 3.86. The maximum absolute atomic E-state index is 12.1. The number of furan rings is 1. The zero-order valence-electron chi connectivity index (χ0n) is 17.0. The zero-order chi connectivity index (χ0) is 21.3. The first-order chi connectivity index (χ1) is 14.6. The summed E-state index contributed by atoms with van der Waals surface area (Å²) in [6.07, 6.45) is 5.00. The molecule has 30 heavy (non-hydrogen) atoms. The van der Waals surface area contributed by atoms with E-state index in [0.717, 1.165) is 28.5 Å². The maximum atomic E-state index is 12.1. The number of thioether (sulfide) groups is 1. The molecule has 9 heteroatoms. The van der Waals surface area contributed by atoms with Gasteiger partial charge in [0, 0.05) is 12.1 Å². The molecule has 3 rings (SSSR count). The second kappa shape index (κ2) is 10.4. The van der Waals surface area contributed by atoms with Crippen LogP contribution in [-0.2, 0) is 11.3 Å². The third-order valence-corrected chi connectivity index (χ3v) is 5.05. The first-order valence-corrected chi connectivity index (χ1v) is 10.3.